The van der Waals surface area contributed by atoms with E-state index in [2.05, 4.69) is 11.3 Å². The molecule has 25 heavy (non-hydrogen) atoms. The Morgan fingerprint density at radius 2 is 2.04 bits per heavy atom. The average molecular weight is 388 g/mol. The molecular weight excluding hydrogens is 362 g/mol. The van der Waals surface area contributed by atoms with Gasteiger partial charge in [-0.05, 0) is 50.5 Å². The molecule has 2 rings (SSSR count). The van der Waals surface area contributed by atoms with Crippen molar-refractivity contribution in [2.24, 2.45) is 5.73 Å². The molecule has 2 unspecified atom stereocenters. The highest BCUT2D eigenvalue weighted by Gasteiger charge is 2.29. The molecule has 1 aromatic carbocycles. The minimum absolute atomic E-state index is 0. The van der Waals surface area contributed by atoms with E-state index in [0.717, 1.165) is 19.3 Å². The van der Waals surface area contributed by atoms with Crippen LogP contribution in [-0.2, 0) is 10.0 Å². The Labute approximate surface area is 155 Å². The molecule has 0 aliphatic carbocycles. The van der Waals surface area contributed by atoms with Crippen molar-refractivity contribution in [3.8, 4) is 0 Å². The zero-order chi connectivity index (χ0) is 17.7. The monoisotopic (exact) mass is 387 g/mol. The van der Waals surface area contributed by atoms with Gasteiger partial charge in [0.05, 0.1) is 4.90 Å². The summed E-state index contributed by atoms with van der Waals surface area (Å²) < 4.78 is 26.5. The SMILES string of the molecule is C=CCNS(=O)(=O)c1ccc(C(=O)N2CCCCC2C(C)N)cc1.Cl. The molecule has 0 spiro atoms. The summed E-state index contributed by atoms with van der Waals surface area (Å²) in [4.78, 5) is 14.7. The first-order chi connectivity index (χ1) is 11.4. The maximum absolute atomic E-state index is 12.7. The number of amides is 1. The molecule has 1 heterocycles. The predicted octanol–water partition coefficient (Wildman–Crippen LogP) is 1.91. The second-order valence-electron chi connectivity index (χ2n) is 6.09. The molecule has 6 nitrogen and oxygen atoms in total. The van der Waals surface area contributed by atoms with E-state index < -0.39 is 10.0 Å². The highest BCUT2D eigenvalue weighted by Crippen LogP contribution is 2.22. The number of hydrogen-bond acceptors (Lipinski definition) is 4. The standard InChI is InChI=1S/C17H25N3O3S.ClH/c1-3-11-19-24(22,23)15-9-7-14(8-10-15)17(21)20-12-5-4-6-16(20)13(2)18;/h3,7-10,13,16,19H,1,4-6,11-12,18H2,2H3;1H. The van der Waals surface area contributed by atoms with Gasteiger partial charge in [-0.25, -0.2) is 13.1 Å². The van der Waals surface area contributed by atoms with E-state index in [9.17, 15) is 13.2 Å². The molecule has 1 aromatic rings. The third-order valence-corrected chi connectivity index (χ3v) is 5.69. The first kappa shape index (κ1) is 21.6. The molecule has 0 radical (unpaired) electrons. The van der Waals surface area contributed by atoms with Crippen LogP contribution in [0, 0.1) is 0 Å². The summed E-state index contributed by atoms with van der Waals surface area (Å²) >= 11 is 0. The van der Waals surface area contributed by atoms with Gasteiger partial charge in [-0.2, -0.15) is 0 Å². The van der Waals surface area contributed by atoms with Gasteiger partial charge in [-0.1, -0.05) is 6.08 Å². The van der Waals surface area contributed by atoms with Crippen LogP contribution in [0.2, 0.25) is 0 Å². The Kier molecular flexibility index (Phi) is 8.08. The lowest BCUT2D eigenvalue weighted by molar-refractivity contribution is 0.0583. The molecule has 0 saturated carbocycles. The maximum Gasteiger partial charge on any atom is 0.254 e. The number of carbonyl (C=O) groups is 1. The number of benzene rings is 1. The number of nitrogens with two attached hydrogens (primary N) is 1. The maximum atomic E-state index is 12.7. The fraction of sp³-hybridized carbons (Fsp3) is 0.471. The summed E-state index contributed by atoms with van der Waals surface area (Å²) in [7, 11) is -3.58. The molecule has 1 aliphatic rings. The minimum atomic E-state index is -3.58. The molecule has 2 atom stereocenters. The van der Waals surface area contributed by atoms with Crippen LogP contribution in [0.3, 0.4) is 0 Å². The van der Waals surface area contributed by atoms with Crippen LogP contribution in [0.15, 0.2) is 41.8 Å². The summed E-state index contributed by atoms with van der Waals surface area (Å²) in [6, 6.07) is 5.95. The van der Waals surface area contributed by atoms with Gasteiger partial charge in [0.2, 0.25) is 10.0 Å². The Balaban J connectivity index is 0.00000312. The summed E-state index contributed by atoms with van der Waals surface area (Å²) in [6.45, 7) is 6.24. The van der Waals surface area contributed by atoms with Gasteiger partial charge >= 0.3 is 0 Å². The number of sulfonamides is 1. The van der Waals surface area contributed by atoms with Gasteiger partial charge in [-0.3, -0.25) is 4.79 Å². The zero-order valence-electron chi connectivity index (χ0n) is 14.3. The first-order valence-corrected chi connectivity index (χ1v) is 9.62. The van der Waals surface area contributed by atoms with Crippen LogP contribution in [0.1, 0.15) is 36.5 Å². The van der Waals surface area contributed by atoms with Crippen LogP contribution < -0.4 is 10.5 Å². The minimum Gasteiger partial charge on any atom is -0.334 e. The third kappa shape index (κ3) is 5.28. The predicted molar refractivity (Wildman–Crippen MR) is 101 cm³/mol. The lowest BCUT2D eigenvalue weighted by atomic mass is 9.96. The number of carbonyl (C=O) groups excluding carboxylic acids is 1. The van der Waals surface area contributed by atoms with Crippen molar-refractivity contribution in [1.82, 2.24) is 9.62 Å². The molecule has 0 bridgehead atoms. The van der Waals surface area contributed by atoms with E-state index in [4.69, 9.17) is 5.73 Å². The quantitative estimate of drug-likeness (QED) is 0.729. The Bertz CT molecular complexity index is 690. The molecule has 0 aromatic heterocycles. The molecule has 140 valence electrons. The van der Waals surface area contributed by atoms with Crippen molar-refractivity contribution in [2.45, 2.75) is 43.2 Å². The van der Waals surface area contributed by atoms with E-state index >= 15 is 0 Å². The Morgan fingerprint density at radius 1 is 1.40 bits per heavy atom. The highest BCUT2D eigenvalue weighted by molar-refractivity contribution is 7.89. The van der Waals surface area contributed by atoms with Gasteiger partial charge in [-0.15, -0.1) is 19.0 Å². The van der Waals surface area contributed by atoms with Crippen molar-refractivity contribution in [1.29, 1.82) is 0 Å². The van der Waals surface area contributed by atoms with Crippen LogP contribution in [0.5, 0.6) is 0 Å². The number of nitrogens with one attached hydrogen (secondary N) is 1. The molecule has 8 heteroatoms. The number of hydrogen-bond donors (Lipinski definition) is 2. The van der Waals surface area contributed by atoms with E-state index in [0.29, 0.717) is 12.1 Å². The van der Waals surface area contributed by atoms with E-state index in [1.807, 2.05) is 11.8 Å². The summed E-state index contributed by atoms with van der Waals surface area (Å²) in [5.74, 6) is -0.0972. The summed E-state index contributed by atoms with van der Waals surface area (Å²) in [5, 5.41) is 0. The average Bonchev–Trinajstić information content (AvgIpc) is 2.59. The fourth-order valence-corrected chi connectivity index (χ4v) is 3.95. The molecule has 3 N–H and O–H groups in total. The zero-order valence-corrected chi connectivity index (χ0v) is 16.0. The van der Waals surface area contributed by atoms with Gasteiger partial charge in [0.15, 0.2) is 0 Å². The number of rotatable bonds is 6. The van der Waals surface area contributed by atoms with Gasteiger partial charge in [0, 0.05) is 30.7 Å². The van der Waals surface area contributed by atoms with E-state index in [1.165, 1.54) is 18.2 Å². The lowest BCUT2D eigenvalue weighted by Gasteiger charge is -2.38. The van der Waals surface area contributed by atoms with Crippen molar-refractivity contribution < 1.29 is 13.2 Å². The van der Waals surface area contributed by atoms with E-state index in [1.54, 1.807) is 12.1 Å². The summed E-state index contributed by atoms with van der Waals surface area (Å²) in [6.07, 6.45) is 4.41. The Hall–Kier alpha value is -1.41. The molecular formula is C17H26ClN3O3S. The number of nitrogens with zero attached hydrogens (tertiary/aromatic N) is 1. The number of likely N-dealkylation sites (tertiary alicyclic amines) is 1. The first-order valence-electron chi connectivity index (χ1n) is 8.14. The second kappa shape index (κ2) is 9.33. The van der Waals surface area contributed by atoms with Crippen molar-refractivity contribution in [3.63, 3.8) is 0 Å². The van der Waals surface area contributed by atoms with Gasteiger partial charge in [0.1, 0.15) is 0 Å². The van der Waals surface area contributed by atoms with Gasteiger partial charge in [0.25, 0.3) is 5.91 Å². The van der Waals surface area contributed by atoms with Crippen molar-refractivity contribution >= 4 is 28.3 Å². The van der Waals surface area contributed by atoms with Crippen LogP contribution >= 0.6 is 12.4 Å². The van der Waals surface area contributed by atoms with Crippen molar-refractivity contribution in [2.75, 3.05) is 13.1 Å². The molecule has 1 saturated heterocycles. The molecule has 1 aliphatic heterocycles. The van der Waals surface area contributed by atoms with Crippen LogP contribution in [0.25, 0.3) is 0 Å². The lowest BCUT2D eigenvalue weighted by Crippen LogP contribution is -2.51. The second-order valence-corrected chi connectivity index (χ2v) is 7.85. The third-order valence-electron chi connectivity index (χ3n) is 4.25. The largest absolute Gasteiger partial charge is 0.334 e. The van der Waals surface area contributed by atoms with E-state index in [-0.39, 0.29) is 41.8 Å². The van der Waals surface area contributed by atoms with Gasteiger partial charge < -0.3 is 10.6 Å². The molecule has 1 amide bonds. The van der Waals surface area contributed by atoms with Crippen LogP contribution in [-0.4, -0.2) is 44.4 Å². The smallest absolute Gasteiger partial charge is 0.254 e. The number of halogens is 1. The van der Waals surface area contributed by atoms with Crippen molar-refractivity contribution in [3.05, 3.63) is 42.5 Å². The normalized spacial score (nSPS) is 19.0. The van der Waals surface area contributed by atoms with Crippen LogP contribution in [0.4, 0.5) is 0 Å². The fourth-order valence-electron chi connectivity index (χ4n) is 2.95. The summed E-state index contributed by atoms with van der Waals surface area (Å²) in [5.41, 5.74) is 6.49. The Morgan fingerprint density at radius 3 is 2.60 bits per heavy atom. The molecule has 1 fully saturated rings. The highest BCUT2D eigenvalue weighted by atomic mass is 35.5. The number of piperidine rings is 1. The topological polar surface area (TPSA) is 92.5 Å².